The van der Waals surface area contributed by atoms with Crippen LogP contribution in [-0.4, -0.2) is 18.6 Å². The molecule has 0 saturated carbocycles. The van der Waals surface area contributed by atoms with E-state index in [1.54, 1.807) is 0 Å². The van der Waals surface area contributed by atoms with Gasteiger partial charge in [0.25, 0.3) is 0 Å². The number of hydrogen-bond donors (Lipinski definition) is 1. The van der Waals surface area contributed by atoms with Crippen LogP contribution >= 0.6 is 12.4 Å². The summed E-state index contributed by atoms with van der Waals surface area (Å²) >= 11 is 0. The summed E-state index contributed by atoms with van der Waals surface area (Å²) in [6.45, 7) is 8.33. The Bertz CT molecular complexity index is 154. The average molecular weight is 210 g/mol. The van der Waals surface area contributed by atoms with Crippen molar-refractivity contribution in [2.75, 3.05) is 6.61 Å². The number of carbonyl (C=O) groups is 1. The Morgan fingerprint density at radius 3 is 2.23 bits per heavy atom. The lowest BCUT2D eigenvalue weighted by Crippen LogP contribution is -2.33. The van der Waals surface area contributed by atoms with Gasteiger partial charge in [-0.1, -0.05) is 27.7 Å². The molecule has 0 aliphatic heterocycles. The van der Waals surface area contributed by atoms with E-state index in [2.05, 4.69) is 0 Å². The molecule has 0 spiro atoms. The smallest absolute Gasteiger partial charge is 0.322 e. The van der Waals surface area contributed by atoms with Crippen LogP contribution in [0.2, 0.25) is 0 Å². The predicted molar refractivity (Wildman–Crippen MR) is 55.9 cm³/mol. The second-order valence-corrected chi connectivity index (χ2v) is 4.18. The zero-order valence-corrected chi connectivity index (χ0v) is 9.61. The minimum Gasteiger partial charge on any atom is -0.464 e. The first-order valence-electron chi connectivity index (χ1n) is 4.29. The second kappa shape index (κ2) is 6.22. The summed E-state index contributed by atoms with van der Waals surface area (Å²) in [4.78, 5) is 11.1. The summed E-state index contributed by atoms with van der Waals surface area (Å²) in [5.74, 6) is -0.299. The lowest BCUT2D eigenvalue weighted by Gasteiger charge is -2.19. The van der Waals surface area contributed by atoms with Gasteiger partial charge in [0, 0.05) is 0 Å². The van der Waals surface area contributed by atoms with Crippen LogP contribution < -0.4 is 5.73 Å². The molecule has 80 valence electrons. The molecule has 0 unspecified atom stereocenters. The van der Waals surface area contributed by atoms with E-state index in [9.17, 15) is 4.79 Å². The van der Waals surface area contributed by atoms with E-state index >= 15 is 0 Å². The minimum atomic E-state index is -0.465. The van der Waals surface area contributed by atoms with Crippen LogP contribution in [0.1, 0.15) is 34.1 Å². The van der Waals surface area contributed by atoms with Crippen molar-refractivity contribution in [2.45, 2.75) is 40.2 Å². The van der Waals surface area contributed by atoms with Crippen LogP contribution in [0.15, 0.2) is 0 Å². The van der Waals surface area contributed by atoms with E-state index in [1.165, 1.54) is 0 Å². The van der Waals surface area contributed by atoms with Crippen LogP contribution in [-0.2, 0) is 9.53 Å². The summed E-state index contributed by atoms with van der Waals surface area (Å²) in [5, 5.41) is 0. The average Bonchev–Trinajstić information content (AvgIpc) is 1.97. The maximum absolute atomic E-state index is 11.1. The minimum absolute atomic E-state index is 0. The quantitative estimate of drug-likeness (QED) is 0.721. The number of halogens is 1. The van der Waals surface area contributed by atoms with Crippen molar-refractivity contribution in [3.05, 3.63) is 0 Å². The molecule has 0 aromatic heterocycles. The third-order valence-corrected chi connectivity index (χ3v) is 1.39. The molecule has 4 heteroatoms. The number of rotatable bonds is 3. The molecule has 3 nitrogen and oxygen atoms in total. The van der Waals surface area contributed by atoms with E-state index in [4.69, 9.17) is 10.5 Å². The normalized spacial score (nSPS) is 13.0. The third-order valence-electron chi connectivity index (χ3n) is 1.39. The molecule has 0 aliphatic rings. The zero-order chi connectivity index (χ0) is 9.78. The van der Waals surface area contributed by atoms with E-state index in [0.29, 0.717) is 13.0 Å². The highest BCUT2D eigenvalue weighted by molar-refractivity contribution is 5.85. The summed E-state index contributed by atoms with van der Waals surface area (Å²) in [6.07, 6.45) is 0.628. The molecule has 2 N–H and O–H groups in total. The Kier molecular flexibility index (Phi) is 7.27. The Hall–Kier alpha value is -0.280. The summed E-state index contributed by atoms with van der Waals surface area (Å²) in [6, 6.07) is -0.465. The van der Waals surface area contributed by atoms with Crippen molar-refractivity contribution in [3.8, 4) is 0 Å². The van der Waals surface area contributed by atoms with Crippen molar-refractivity contribution in [3.63, 3.8) is 0 Å². The van der Waals surface area contributed by atoms with Crippen LogP contribution in [0.5, 0.6) is 0 Å². The molecule has 0 amide bonds. The largest absolute Gasteiger partial charge is 0.464 e. The molecule has 0 saturated heterocycles. The van der Waals surface area contributed by atoms with Gasteiger partial charge in [0.1, 0.15) is 6.04 Å². The summed E-state index contributed by atoms with van der Waals surface area (Å²) in [5.41, 5.74) is 5.49. The maximum atomic E-state index is 11.1. The molecule has 0 aromatic rings. The molecule has 0 radical (unpaired) electrons. The van der Waals surface area contributed by atoms with Gasteiger partial charge in [0.15, 0.2) is 0 Å². The molecular weight excluding hydrogens is 190 g/mol. The third kappa shape index (κ3) is 8.06. The fraction of sp³-hybridized carbons (Fsp3) is 0.889. The molecule has 1 atom stereocenters. The van der Waals surface area contributed by atoms with Gasteiger partial charge in [-0.15, -0.1) is 12.4 Å². The molecular formula is C9H20ClNO2. The standard InChI is InChI=1S/C9H19NO2.ClH/c1-5-7(10)8(11)12-6-9(2,3)4;/h7H,5-6,10H2,1-4H3;1H/t7-;/m0./s1. The summed E-state index contributed by atoms with van der Waals surface area (Å²) in [7, 11) is 0. The Morgan fingerprint density at radius 1 is 1.46 bits per heavy atom. The van der Waals surface area contributed by atoms with Crippen LogP contribution in [0.25, 0.3) is 0 Å². The van der Waals surface area contributed by atoms with E-state index in [1.807, 2.05) is 27.7 Å². The maximum Gasteiger partial charge on any atom is 0.322 e. The van der Waals surface area contributed by atoms with E-state index < -0.39 is 6.04 Å². The van der Waals surface area contributed by atoms with Gasteiger partial charge in [-0.3, -0.25) is 4.79 Å². The topological polar surface area (TPSA) is 52.3 Å². The van der Waals surface area contributed by atoms with Gasteiger partial charge >= 0.3 is 5.97 Å². The van der Waals surface area contributed by atoms with Gasteiger partial charge < -0.3 is 10.5 Å². The number of ether oxygens (including phenoxy) is 1. The van der Waals surface area contributed by atoms with Gasteiger partial charge in [-0.2, -0.15) is 0 Å². The van der Waals surface area contributed by atoms with Gasteiger partial charge in [0.2, 0.25) is 0 Å². The highest BCUT2D eigenvalue weighted by Crippen LogP contribution is 2.13. The number of hydrogen-bond acceptors (Lipinski definition) is 3. The molecule has 0 aromatic carbocycles. The fourth-order valence-corrected chi connectivity index (χ4v) is 0.561. The lowest BCUT2D eigenvalue weighted by atomic mass is 9.99. The van der Waals surface area contributed by atoms with Crippen LogP contribution in [0.3, 0.4) is 0 Å². The molecule has 0 rings (SSSR count). The SMILES string of the molecule is CC[C@H](N)C(=O)OCC(C)(C)C.Cl. The van der Waals surface area contributed by atoms with Gasteiger partial charge in [-0.25, -0.2) is 0 Å². The van der Waals surface area contributed by atoms with E-state index in [0.717, 1.165) is 0 Å². The zero-order valence-electron chi connectivity index (χ0n) is 8.79. The predicted octanol–water partition coefficient (Wildman–Crippen LogP) is 1.73. The molecule has 0 aliphatic carbocycles. The summed E-state index contributed by atoms with van der Waals surface area (Å²) < 4.78 is 5.00. The van der Waals surface area contributed by atoms with Crippen molar-refractivity contribution >= 4 is 18.4 Å². The van der Waals surface area contributed by atoms with E-state index in [-0.39, 0.29) is 23.8 Å². The van der Waals surface area contributed by atoms with Crippen molar-refractivity contribution in [1.29, 1.82) is 0 Å². The van der Waals surface area contributed by atoms with Crippen LogP contribution in [0, 0.1) is 5.41 Å². The Morgan fingerprint density at radius 2 is 1.92 bits per heavy atom. The van der Waals surface area contributed by atoms with Crippen molar-refractivity contribution < 1.29 is 9.53 Å². The Balaban J connectivity index is 0. The molecule has 0 fully saturated rings. The first-order valence-corrected chi connectivity index (χ1v) is 4.29. The van der Waals surface area contributed by atoms with Crippen LogP contribution in [0.4, 0.5) is 0 Å². The Labute approximate surface area is 86.4 Å². The van der Waals surface area contributed by atoms with Gasteiger partial charge in [-0.05, 0) is 11.8 Å². The fourth-order valence-electron chi connectivity index (χ4n) is 0.561. The number of esters is 1. The first-order chi connectivity index (χ1) is 5.37. The van der Waals surface area contributed by atoms with Gasteiger partial charge in [0.05, 0.1) is 6.61 Å². The molecule has 0 heterocycles. The number of nitrogens with two attached hydrogens (primary N) is 1. The first kappa shape index (κ1) is 15.2. The molecule has 13 heavy (non-hydrogen) atoms. The highest BCUT2D eigenvalue weighted by Gasteiger charge is 2.17. The van der Waals surface area contributed by atoms with Crippen molar-refractivity contribution in [2.24, 2.45) is 11.1 Å². The van der Waals surface area contributed by atoms with Crippen molar-refractivity contribution in [1.82, 2.24) is 0 Å². The molecule has 0 bridgehead atoms. The highest BCUT2D eigenvalue weighted by atomic mass is 35.5. The monoisotopic (exact) mass is 209 g/mol. The second-order valence-electron chi connectivity index (χ2n) is 4.18. The lowest BCUT2D eigenvalue weighted by molar-refractivity contribution is -0.148. The number of carbonyl (C=O) groups excluding carboxylic acids is 1.